The minimum absolute atomic E-state index is 0.169. The van der Waals surface area contributed by atoms with Crippen molar-refractivity contribution in [2.75, 3.05) is 5.73 Å². The Kier molecular flexibility index (Phi) is 3.80. The molecule has 0 spiro atoms. The van der Waals surface area contributed by atoms with Crippen LogP contribution < -0.4 is 5.73 Å². The first kappa shape index (κ1) is 15.5. The van der Waals surface area contributed by atoms with E-state index in [1.54, 1.807) is 12.3 Å². The third-order valence-electron chi connectivity index (χ3n) is 4.63. The molecule has 124 valence electrons. The van der Waals surface area contributed by atoms with Gasteiger partial charge in [-0.3, -0.25) is 0 Å². The number of rotatable bonds is 3. The summed E-state index contributed by atoms with van der Waals surface area (Å²) in [6.45, 7) is 1.95. The van der Waals surface area contributed by atoms with Crippen LogP contribution in [-0.4, -0.2) is 10.7 Å². The summed E-state index contributed by atoms with van der Waals surface area (Å²) < 4.78 is 14.2. The number of hydrogen-bond donors (Lipinski definition) is 1. The summed E-state index contributed by atoms with van der Waals surface area (Å²) in [6.07, 6.45) is 3.05. The van der Waals surface area contributed by atoms with E-state index in [2.05, 4.69) is 9.98 Å². The van der Waals surface area contributed by atoms with Crippen LogP contribution in [0.3, 0.4) is 0 Å². The molecule has 1 aliphatic rings. The molecular weight excluding hydrogens is 313 g/mol. The summed E-state index contributed by atoms with van der Waals surface area (Å²) in [4.78, 5) is 9.04. The van der Waals surface area contributed by atoms with Crippen LogP contribution in [0, 0.1) is 5.82 Å². The Morgan fingerprint density at radius 3 is 2.68 bits per heavy atom. The quantitative estimate of drug-likeness (QED) is 0.707. The second kappa shape index (κ2) is 6.13. The number of anilines is 1. The number of aliphatic imine (C=N–C) groups is 1. The van der Waals surface area contributed by atoms with E-state index in [-0.39, 0.29) is 5.82 Å². The van der Waals surface area contributed by atoms with Crippen molar-refractivity contribution in [3.8, 4) is 11.1 Å². The molecule has 2 N–H and O–H groups in total. The van der Waals surface area contributed by atoms with Gasteiger partial charge in [0.2, 0.25) is 0 Å². The fraction of sp³-hybridized carbons (Fsp3) is 0.143. The molecular formula is C21H18FN3. The third-order valence-corrected chi connectivity index (χ3v) is 4.63. The van der Waals surface area contributed by atoms with Crippen LogP contribution in [0.2, 0.25) is 0 Å². The molecule has 3 aromatic rings. The fourth-order valence-electron chi connectivity index (χ4n) is 3.27. The molecule has 3 nitrogen and oxygen atoms in total. The summed E-state index contributed by atoms with van der Waals surface area (Å²) in [5.41, 5.74) is 12.2. The lowest BCUT2D eigenvalue weighted by atomic mass is 9.95. The Labute approximate surface area is 146 Å². The van der Waals surface area contributed by atoms with E-state index < -0.39 is 0 Å². The van der Waals surface area contributed by atoms with Crippen molar-refractivity contribution < 1.29 is 4.39 Å². The maximum Gasteiger partial charge on any atom is 0.156 e. The van der Waals surface area contributed by atoms with E-state index >= 15 is 0 Å². The van der Waals surface area contributed by atoms with Gasteiger partial charge < -0.3 is 5.73 Å². The fourth-order valence-corrected chi connectivity index (χ4v) is 3.27. The highest BCUT2D eigenvalue weighted by Crippen LogP contribution is 2.36. The highest BCUT2D eigenvalue weighted by molar-refractivity contribution is 6.10. The lowest BCUT2D eigenvalue weighted by Gasteiger charge is -2.09. The molecule has 0 saturated heterocycles. The van der Waals surface area contributed by atoms with Crippen molar-refractivity contribution in [1.29, 1.82) is 0 Å². The first-order valence-electron chi connectivity index (χ1n) is 8.36. The number of aryl methyl sites for hydroxylation is 1. The summed E-state index contributed by atoms with van der Waals surface area (Å²) in [6, 6.07) is 15.0. The zero-order chi connectivity index (χ0) is 17.4. The van der Waals surface area contributed by atoms with E-state index in [4.69, 9.17) is 5.73 Å². The normalized spacial score (nSPS) is 12.8. The molecule has 1 aliphatic heterocycles. The van der Waals surface area contributed by atoms with Crippen LogP contribution in [0.25, 0.3) is 11.1 Å². The Morgan fingerprint density at radius 1 is 1.08 bits per heavy atom. The van der Waals surface area contributed by atoms with Gasteiger partial charge in [0.25, 0.3) is 0 Å². The Bertz CT molecular complexity index is 992. The zero-order valence-electron chi connectivity index (χ0n) is 14.0. The number of nitrogens with zero attached hydrogens (tertiary/aromatic N) is 2. The van der Waals surface area contributed by atoms with Crippen molar-refractivity contribution in [2.24, 2.45) is 4.99 Å². The van der Waals surface area contributed by atoms with Crippen LogP contribution in [0.5, 0.6) is 0 Å². The molecule has 4 rings (SSSR count). The summed E-state index contributed by atoms with van der Waals surface area (Å²) in [5.74, 6) is 0.521. The maximum absolute atomic E-state index is 14.2. The van der Waals surface area contributed by atoms with E-state index in [9.17, 15) is 4.39 Å². The standard InChI is InChI=1S/C21H18FN3/c1-2-13-7-8-14(11-18(13)22)15-9-10-24-21-17(15)12-20(25-21)16-5-3-4-6-19(16)23/h3-11H,2,12,23H2,1H3. The second-order valence-electron chi connectivity index (χ2n) is 6.14. The number of pyridine rings is 1. The molecule has 0 aliphatic carbocycles. The molecule has 0 saturated carbocycles. The van der Waals surface area contributed by atoms with Crippen LogP contribution in [0.1, 0.15) is 23.6 Å². The predicted molar refractivity (Wildman–Crippen MR) is 99.8 cm³/mol. The van der Waals surface area contributed by atoms with Gasteiger partial charge in [0.05, 0.1) is 5.71 Å². The lowest BCUT2D eigenvalue weighted by molar-refractivity contribution is 0.613. The average molecular weight is 331 g/mol. The van der Waals surface area contributed by atoms with Crippen LogP contribution in [0.4, 0.5) is 15.9 Å². The van der Waals surface area contributed by atoms with E-state index in [0.717, 1.165) is 33.5 Å². The minimum Gasteiger partial charge on any atom is -0.398 e. The van der Waals surface area contributed by atoms with Crippen molar-refractivity contribution in [2.45, 2.75) is 19.8 Å². The largest absolute Gasteiger partial charge is 0.398 e. The van der Waals surface area contributed by atoms with E-state index in [1.165, 1.54) is 0 Å². The van der Waals surface area contributed by atoms with Gasteiger partial charge in [-0.15, -0.1) is 0 Å². The molecule has 2 heterocycles. The number of fused-ring (bicyclic) bond motifs is 1. The monoisotopic (exact) mass is 331 g/mol. The molecule has 0 fully saturated rings. The average Bonchev–Trinajstić information content (AvgIpc) is 3.06. The number of nitrogens with two attached hydrogens (primary N) is 1. The van der Waals surface area contributed by atoms with Crippen molar-refractivity contribution in [3.63, 3.8) is 0 Å². The number of hydrogen-bond acceptors (Lipinski definition) is 3. The zero-order valence-corrected chi connectivity index (χ0v) is 14.0. The van der Waals surface area contributed by atoms with Crippen LogP contribution in [0.15, 0.2) is 59.7 Å². The maximum atomic E-state index is 14.2. The first-order valence-corrected chi connectivity index (χ1v) is 8.36. The molecule has 0 radical (unpaired) electrons. The number of nitrogen functional groups attached to an aromatic ring is 1. The molecule has 0 atom stereocenters. The first-order chi connectivity index (χ1) is 12.2. The molecule has 0 amide bonds. The van der Waals surface area contributed by atoms with Crippen molar-refractivity contribution in [1.82, 2.24) is 4.98 Å². The Balaban J connectivity index is 1.75. The second-order valence-corrected chi connectivity index (χ2v) is 6.14. The molecule has 0 unspecified atom stereocenters. The number of halogens is 1. The van der Waals surface area contributed by atoms with Crippen molar-refractivity contribution in [3.05, 3.63) is 77.2 Å². The Hall–Kier alpha value is -3.01. The molecule has 0 bridgehead atoms. The van der Waals surface area contributed by atoms with Gasteiger partial charge in [-0.25, -0.2) is 14.4 Å². The van der Waals surface area contributed by atoms with Crippen LogP contribution >= 0.6 is 0 Å². The molecule has 25 heavy (non-hydrogen) atoms. The van der Waals surface area contributed by atoms with Crippen LogP contribution in [-0.2, 0) is 12.8 Å². The smallest absolute Gasteiger partial charge is 0.156 e. The highest BCUT2D eigenvalue weighted by Gasteiger charge is 2.22. The van der Waals surface area contributed by atoms with E-state index in [0.29, 0.717) is 24.3 Å². The van der Waals surface area contributed by atoms with Gasteiger partial charge in [-0.1, -0.05) is 37.3 Å². The number of benzene rings is 2. The minimum atomic E-state index is -0.169. The number of aromatic nitrogens is 1. The van der Waals surface area contributed by atoms with Gasteiger partial charge in [0.15, 0.2) is 5.82 Å². The van der Waals surface area contributed by atoms with Gasteiger partial charge in [0, 0.05) is 29.4 Å². The summed E-state index contributed by atoms with van der Waals surface area (Å²) >= 11 is 0. The Morgan fingerprint density at radius 2 is 1.92 bits per heavy atom. The highest BCUT2D eigenvalue weighted by atomic mass is 19.1. The molecule has 4 heteroatoms. The van der Waals surface area contributed by atoms with Gasteiger partial charge in [0.1, 0.15) is 5.82 Å². The van der Waals surface area contributed by atoms with Crippen molar-refractivity contribution >= 4 is 17.2 Å². The summed E-state index contributed by atoms with van der Waals surface area (Å²) in [5, 5.41) is 0. The van der Waals surface area contributed by atoms with Gasteiger partial charge in [-0.2, -0.15) is 0 Å². The SMILES string of the molecule is CCc1ccc(-c2ccnc3c2CC(c2ccccc2N)=N3)cc1F. The predicted octanol–water partition coefficient (Wildman–Crippen LogP) is 4.71. The third kappa shape index (κ3) is 2.70. The molecule has 2 aromatic carbocycles. The van der Waals surface area contributed by atoms with E-state index in [1.807, 2.05) is 49.4 Å². The lowest BCUT2D eigenvalue weighted by Crippen LogP contribution is -2.05. The summed E-state index contributed by atoms with van der Waals surface area (Å²) in [7, 11) is 0. The number of para-hydroxylation sites is 1. The van der Waals surface area contributed by atoms with Gasteiger partial charge in [-0.05, 0) is 41.3 Å². The molecule has 1 aromatic heterocycles. The van der Waals surface area contributed by atoms with Gasteiger partial charge >= 0.3 is 0 Å². The topological polar surface area (TPSA) is 51.3 Å².